The van der Waals surface area contributed by atoms with E-state index in [4.69, 9.17) is 9.47 Å². The van der Waals surface area contributed by atoms with E-state index in [2.05, 4.69) is 15.2 Å². The smallest absolute Gasteiger partial charge is 0.408 e. The summed E-state index contributed by atoms with van der Waals surface area (Å²) in [7, 11) is 3.62. The Morgan fingerprint density at radius 2 is 1.75 bits per heavy atom. The third-order valence-corrected chi connectivity index (χ3v) is 6.06. The van der Waals surface area contributed by atoms with Gasteiger partial charge in [-0.05, 0) is 50.6 Å². The fourth-order valence-corrected chi connectivity index (χ4v) is 4.46. The zero-order valence-electron chi connectivity index (χ0n) is 21.5. The molecule has 36 heavy (non-hydrogen) atoms. The van der Waals surface area contributed by atoms with Crippen LogP contribution in [0.25, 0.3) is 21.8 Å². The van der Waals surface area contributed by atoms with E-state index in [1.165, 1.54) is 0 Å². The zero-order chi connectivity index (χ0) is 25.9. The quantitative estimate of drug-likeness (QED) is 0.384. The highest BCUT2D eigenvalue weighted by atomic mass is 16.6. The van der Waals surface area contributed by atoms with Gasteiger partial charge in [0, 0.05) is 55.2 Å². The van der Waals surface area contributed by atoms with E-state index >= 15 is 0 Å². The van der Waals surface area contributed by atoms with Crippen LogP contribution < -0.4 is 15.4 Å². The van der Waals surface area contributed by atoms with Crippen molar-refractivity contribution < 1.29 is 19.1 Å². The Hall–Kier alpha value is -3.94. The molecule has 0 radical (unpaired) electrons. The van der Waals surface area contributed by atoms with E-state index in [1.54, 1.807) is 27.9 Å². The molecule has 0 unspecified atom stereocenters. The molecule has 0 saturated carbocycles. The standard InChI is InChI=1S/C28H34N4O4/c1-28(2,3)36-27(34)30-22(17-19-18-31(4)23-10-7-6-9-20(19)23)26(33)29-14-16-32-15-13-21-24(32)11-8-12-25(21)35-5/h6-13,15,18,22H,14,16-17H2,1-5H3,(H,29,33)(H,30,34)/t22-/m1/s1. The molecule has 2 amide bonds. The third-order valence-electron chi connectivity index (χ3n) is 6.06. The maximum absolute atomic E-state index is 13.3. The molecule has 1 atom stereocenters. The van der Waals surface area contributed by atoms with Crippen molar-refractivity contribution in [2.45, 2.75) is 45.4 Å². The topological polar surface area (TPSA) is 86.5 Å². The van der Waals surface area contributed by atoms with Crippen LogP contribution in [0.15, 0.2) is 60.9 Å². The van der Waals surface area contributed by atoms with Gasteiger partial charge in [-0.3, -0.25) is 4.79 Å². The van der Waals surface area contributed by atoms with Crippen LogP contribution in [-0.4, -0.2) is 46.4 Å². The highest BCUT2D eigenvalue weighted by Gasteiger charge is 2.26. The Kier molecular flexibility index (Phi) is 7.24. The molecule has 0 saturated heterocycles. The molecular weight excluding hydrogens is 456 g/mol. The molecule has 0 spiro atoms. The summed E-state index contributed by atoms with van der Waals surface area (Å²) in [6, 6.07) is 15.1. The number of rotatable bonds is 8. The van der Waals surface area contributed by atoms with Gasteiger partial charge in [0.05, 0.1) is 12.6 Å². The first kappa shape index (κ1) is 25.2. The number of carbonyl (C=O) groups is 2. The number of amides is 2. The summed E-state index contributed by atoms with van der Waals surface area (Å²) >= 11 is 0. The van der Waals surface area contributed by atoms with Gasteiger partial charge in [-0.25, -0.2) is 4.79 Å². The Morgan fingerprint density at radius 1 is 1.00 bits per heavy atom. The third kappa shape index (κ3) is 5.64. The predicted octanol–water partition coefficient (Wildman–Crippen LogP) is 4.39. The lowest BCUT2D eigenvalue weighted by Gasteiger charge is -2.23. The number of aromatic nitrogens is 2. The molecule has 0 fully saturated rings. The molecule has 0 aliphatic heterocycles. The fraction of sp³-hybridized carbons (Fsp3) is 0.357. The Bertz CT molecular complexity index is 1380. The average Bonchev–Trinajstić information content (AvgIpc) is 3.38. The molecular formula is C28H34N4O4. The molecule has 0 bridgehead atoms. The van der Waals surface area contributed by atoms with E-state index in [0.29, 0.717) is 19.5 Å². The van der Waals surface area contributed by atoms with Crippen molar-refractivity contribution in [3.05, 3.63) is 66.5 Å². The molecule has 2 aromatic heterocycles. The van der Waals surface area contributed by atoms with Crippen molar-refractivity contribution in [1.82, 2.24) is 19.8 Å². The van der Waals surface area contributed by atoms with Gasteiger partial charge >= 0.3 is 6.09 Å². The van der Waals surface area contributed by atoms with E-state index in [-0.39, 0.29) is 5.91 Å². The van der Waals surface area contributed by atoms with Crippen LogP contribution in [0.4, 0.5) is 4.79 Å². The lowest BCUT2D eigenvalue weighted by molar-refractivity contribution is -0.123. The second kappa shape index (κ2) is 10.4. The molecule has 2 N–H and O–H groups in total. The van der Waals surface area contributed by atoms with Crippen molar-refractivity contribution >= 4 is 33.8 Å². The number of benzene rings is 2. The van der Waals surface area contributed by atoms with Gasteiger partial charge in [-0.1, -0.05) is 24.3 Å². The number of hydrogen-bond acceptors (Lipinski definition) is 4. The molecule has 2 heterocycles. The summed E-state index contributed by atoms with van der Waals surface area (Å²) in [5.41, 5.74) is 2.41. The summed E-state index contributed by atoms with van der Waals surface area (Å²) in [5, 5.41) is 7.84. The van der Waals surface area contributed by atoms with Gasteiger partial charge in [0.25, 0.3) is 0 Å². The summed E-state index contributed by atoms with van der Waals surface area (Å²) in [6.07, 6.45) is 3.70. The normalized spacial score (nSPS) is 12.5. The predicted molar refractivity (Wildman–Crippen MR) is 141 cm³/mol. The molecule has 8 heteroatoms. The number of aryl methyl sites for hydroxylation is 1. The summed E-state index contributed by atoms with van der Waals surface area (Å²) in [4.78, 5) is 25.8. The monoisotopic (exact) mass is 490 g/mol. The minimum atomic E-state index is -0.785. The molecule has 4 aromatic rings. The van der Waals surface area contributed by atoms with Crippen molar-refractivity contribution in [1.29, 1.82) is 0 Å². The first-order valence-electron chi connectivity index (χ1n) is 12.1. The number of alkyl carbamates (subject to hydrolysis) is 1. The average molecular weight is 491 g/mol. The number of nitrogens with zero attached hydrogens (tertiary/aromatic N) is 2. The van der Waals surface area contributed by atoms with Gasteiger partial charge in [0.1, 0.15) is 17.4 Å². The van der Waals surface area contributed by atoms with Crippen LogP contribution in [0.1, 0.15) is 26.3 Å². The Balaban J connectivity index is 1.48. The second-order valence-electron chi connectivity index (χ2n) is 9.88. The maximum atomic E-state index is 13.3. The van der Waals surface area contributed by atoms with Crippen molar-refractivity contribution in [3.63, 3.8) is 0 Å². The van der Waals surface area contributed by atoms with Gasteiger partial charge in [0.15, 0.2) is 0 Å². The number of para-hydroxylation sites is 1. The van der Waals surface area contributed by atoms with E-state index < -0.39 is 17.7 Å². The van der Waals surface area contributed by atoms with Gasteiger partial charge in [0.2, 0.25) is 5.91 Å². The molecule has 0 aliphatic rings. The number of nitrogens with one attached hydrogen (secondary N) is 2. The van der Waals surface area contributed by atoms with Crippen molar-refractivity contribution in [3.8, 4) is 5.75 Å². The van der Waals surface area contributed by atoms with Crippen LogP contribution in [0.2, 0.25) is 0 Å². The number of ether oxygens (including phenoxy) is 2. The van der Waals surface area contributed by atoms with Crippen LogP contribution in [0.5, 0.6) is 5.75 Å². The van der Waals surface area contributed by atoms with Crippen LogP contribution in [0, 0.1) is 0 Å². The summed E-state index contributed by atoms with van der Waals surface area (Å²) in [5.74, 6) is 0.551. The molecule has 190 valence electrons. The first-order chi connectivity index (χ1) is 17.2. The zero-order valence-corrected chi connectivity index (χ0v) is 21.5. The lowest BCUT2D eigenvalue weighted by atomic mass is 10.0. The molecule has 0 aliphatic carbocycles. The summed E-state index contributed by atoms with van der Waals surface area (Å²) < 4.78 is 15.0. The first-order valence-corrected chi connectivity index (χ1v) is 12.1. The largest absolute Gasteiger partial charge is 0.496 e. The molecule has 4 rings (SSSR count). The van der Waals surface area contributed by atoms with E-state index in [9.17, 15) is 9.59 Å². The lowest BCUT2D eigenvalue weighted by Crippen LogP contribution is -2.49. The Morgan fingerprint density at radius 3 is 2.50 bits per heavy atom. The number of methoxy groups -OCH3 is 1. The minimum absolute atomic E-state index is 0.261. The van der Waals surface area contributed by atoms with Gasteiger partial charge < -0.3 is 29.2 Å². The highest BCUT2D eigenvalue weighted by Crippen LogP contribution is 2.26. The molecule has 8 nitrogen and oxygen atoms in total. The highest BCUT2D eigenvalue weighted by molar-refractivity contribution is 5.89. The van der Waals surface area contributed by atoms with Crippen molar-refractivity contribution in [2.24, 2.45) is 7.05 Å². The van der Waals surface area contributed by atoms with Crippen LogP contribution in [-0.2, 0) is 29.5 Å². The van der Waals surface area contributed by atoms with Gasteiger partial charge in [-0.15, -0.1) is 0 Å². The van der Waals surface area contributed by atoms with E-state index in [1.807, 2.05) is 72.5 Å². The fourth-order valence-electron chi connectivity index (χ4n) is 4.46. The SMILES string of the molecule is COc1cccc2c1ccn2CCNC(=O)[C@@H](Cc1cn(C)c2ccccc12)NC(=O)OC(C)(C)C. The van der Waals surface area contributed by atoms with Crippen LogP contribution >= 0.6 is 0 Å². The van der Waals surface area contributed by atoms with E-state index in [0.717, 1.165) is 33.1 Å². The summed E-state index contributed by atoms with van der Waals surface area (Å²) in [6.45, 7) is 6.37. The van der Waals surface area contributed by atoms with Gasteiger partial charge in [-0.2, -0.15) is 0 Å². The second-order valence-corrected chi connectivity index (χ2v) is 9.88. The number of fused-ring (bicyclic) bond motifs is 2. The minimum Gasteiger partial charge on any atom is -0.496 e. The maximum Gasteiger partial charge on any atom is 0.408 e. The Labute approximate surface area is 211 Å². The number of hydrogen-bond donors (Lipinski definition) is 2. The van der Waals surface area contributed by atoms with Crippen LogP contribution in [0.3, 0.4) is 0 Å². The van der Waals surface area contributed by atoms with Crippen molar-refractivity contribution in [2.75, 3.05) is 13.7 Å². The molecule has 2 aromatic carbocycles. The number of carbonyl (C=O) groups excluding carboxylic acids is 2.